The minimum absolute atomic E-state index is 0.0000268. The van der Waals surface area contributed by atoms with E-state index in [0.29, 0.717) is 12.0 Å². The fourth-order valence-electron chi connectivity index (χ4n) is 3.86. The third-order valence-electron chi connectivity index (χ3n) is 5.39. The summed E-state index contributed by atoms with van der Waals surface area (Å²) in [6.07, 6.45) is 2.19. The zero-order valence-electron chi connectivity index (χ0n) is 16.0. The number of carbonyl (C=O) groups excluding carboxylic acids is 2. The van der Waals surface area contributed by atoms with E-state index in [9.17, 15) is 18.0 Å². The molecule has 1 heterocycles. The molecule has 0 unspecified atom stereocenters. The number of esters is 1. The number of hydrogen-bond donors (Lipinski definition) is 0. The minimum Gasteiger partial charge on any atom is -0.452 e. The molecule has 29 heavy (non-hydrogen) atoms. The number of sulfone groups is 1. The highest BCUT2D eigenvalue weighted by Crippen LogP contribution is 2.32. The van der Waals surface area contributed by atoms with Crippen molar-refractivity contribution in [2.75, 3.05) is 18.1 Å². The summed E-state index contributed by atoms with van der Waals surface area (Å²) in [7, 11) is -3.09. The Balaban J connectivity index is 1.45. The first-order valence-electron chi connectivity index (χ1n) is 9.78. The van der Waals surface area contributed by atoms with Crippen LogP contribution in [0.3, 0.4) is 0 Å². The smallest absolute Gasteiger partial charge is 0.339 e. The van der Waals surface area contributed by atoms with Gasteiger partial charge in [0.1, 0.15) is 0 Å². The third-order valence-corrected chi connectivity index (χ3v) is 7.14. The summed E-state index contributed by atoms with van der Waals surface area (Å²) in [4.78, 5) is 27.1. The van der Waals surface area contributed by atoms with Gasteiger partial charge in [-0.15, -0.1) is 0 Å². The fourth-order valence-corrected chi connectivity index (χ4v) is 5.57. The molecular weight excluding hydrogens is 390 g/mol. The van der Waals surface area contributed by atoms with Crippen LogP contribution in [0.2, 0.25) is 0 Å². The van der Waals surface area contributed by atoms with Crippen molar-refractivity contribution in [3.63, 3.8) is 0 Å². The second kappa shape index (κ2) is 7.99. The molecule has 1 saturated heterocycles. The van der Waals surface area contributed by atoms with Crippen LogP contribution in [0.5, 0.6) is 0 Å². The first kappa shape index (κ1) is 19.6. The Labute approximate surface area is 170 Å². The van der Waals surface area contributed by atoms with Gasteiger partial charge >= 0.3 is 5.97 Å². The molecule has 6 nitrogen and oxygen atoms in total. The average Bonchev–Trinajstić information content (AvgIpc) is 3.49. The molecular formula is C22H23NO5S. The van der Waals surface area contributed by atoms with Crippen molar-refractivity contribution in [2.45, 2.75) is 31.3 Å². The van der Waals surface area contributed by atoms with Gasteiger partial charge in [0, 0.05) is 12.1 Å². The summed E-state index contributed by atoms with van der Waals surface area (Å²) >= 11 is 0. The highest BCUT2D eigenvalue weighted by Gasteiger charge is 2.42. The number of ether oxygens (including phenoxy) is 1. The molecule has 2 aromatic rings. The lowest BCUT2D eigenvalue weighted by Crippen LogP contribution is -2.44. The maximum Gasteiger partial charge on any atom is 0.339 e. The number of hydrogen-bond acceptors (Lipinski definition) is 5. The number of rotatable bonds is 6. The van der Waals surface area contributed by atoms with Crippen molar-refractivity contribution >= 4 is 21.7 Å². The zero-order valence-corrected chi connectivity index (χ0v) is 16.8. The van der Waals surface area contributed by atoms with E-state index in [2.05, 4.69) is 0 Å². The summed E-state index contributed by atoms with van der Waals surface area (Å²) in [6, 6.07) is 16.4. The third kappa shape index (κ3) is 4.50. The highest BCUT2D eigenvalue weighted by molar-refractivity contribution is 7.91. The predicted octanol–water partition coefficient (Wildman–Crippen LogP) is 2.69. The van der Waals surface area contributed by atoms with Gasteiger partial charge in [-0.3, -0.25) is 4.79 Å². The SMILES string of the molecule is O=C(OCC(=O)N(C1CC1)[C@H]1CCS(=O)(=O)C1)c1ccccc1-c1ccccc1. The monoisotopic (exact) mass is 413 g/mol. The largest absolute Gasteiger partial charge is 0.452 e. The minimum atomic E-state index is -3.09. The van der Waals surface area contributed by atoms with Crippen molar-refractivity contribution < 1.29 is 22.7 Å². The van der Waals surface area contributed by atoms with Gasteiger partial charge in [-0.25, -0.2) is 13.2 Å². The van der Waals surface area contributed by atoms with Gasteiger partial charge in [0.25, 0.3) is 5.91 Å². The molecule has 2 fully saturated rings. The first-order chi connectivity index (χ1) is 13.9. The molecule has 2 aromatic carbocycles. The standard InChI is InChI=1S/C22H23NO5S/c24-21(23(17-10-11-17)18-12-13-29(26,27)15-18)14-28-22(25)20-9-5-4-8-19(20)16-6-2-1-3-7-16/h1-9,17-18H,10-15H2/t18-/m0/s1. The summed E-state index contributed by atoms with van der Waals surface area (Å²) < 4.78 is 29.0. The van der Waals surface area contributed by atoms with Crippen LogP contribution in [0.25, 0.3) is 11.1 Å². The second-order valence-corrected chi connectivity index (χ2v) is 9.81. The van der Waals surface area contributed by atoms with Gasteiger partial charge in [0.05, 0.1) is 17.1 Å². The van der Waals surface area contributed by atoms with Crippen molar-refractivity contribution in [1.82, 2.24) is 4.90 Å². The molecule has 0 N–H and O–H groups in total. The molecule has 4 rings (SSSR count). The van der Waals surface area contributed by atoms with Crippen LogP contribution in [0.1, 0.15) is 29.6 Å². The molecule has 0 bridgehead atoms. The summed E-state index contributed by atoms with van der Waals surface area (Å²) in [5, 5.41) is 0. The second-order valence-electron chi connectivity index (χ2n) is 7.58. The van der Waals surface area contributed by atoms with Crippen LogP contribution in [0, 0.1) is 0 Å². The van der Waals surface area contributed by atoms with Gasteiger partial charge in [-0.05, 0) is 36.5 Å². The Morgan fingerprint density at radius 1 is 0.931 bits per heavy atom. The van der Waals surface area contributed by atoms with Gasteiger partial charge in [0.2, 0.25) is 0 Å². The quantitative estimate of drug-likeness (QED) is 0.680. The van der Waals surface area contributed by atoms with Gasteiger partial charge in [-0.2, -0.15) is 0 Å². The zero-order chi connectivity index (χ0) is 20.4. The number of benzene rings is 2. The molecule has 1 atom stereocenters. The number of amides is 1. The lowest BCUT2D eigenvalue weighted by Gasteiger charge is -2.28. The molecule has 1 saturated carbocycles. The van der Waals surface area contributed by atoms with E-state index in [1.807, 2.05) is 42.5 Å². The van der Waals surface area contributed by atoms with Crippen molar-refractivity contribution in [3.8, 4) is 11.1 Å². The van der Waals surface area contributed by atoms with E-state index in [4.69, 9.17) is 4.74 Å². The first-order valence-corrected chi connectivity index (χ1v) is 11.6. The summed E-state index contributed by atoms with van der Waals surface area (Å²) in [5.74, 6) is -0.772. The van der Waals surface area contributed by atoms with Crippen molar-refractivity contribution in [1.29, 1.82) is 0 Å². The lowest BCUT2D eigenvalue weighted by molar-refractivity contribution is -0.137. The molecule has 1 aliphatic carbocycles. The van der Waals surface area contributed by atoms with E-state index < -0.39 is 15.8 Å². The van der Waals surface area contributed by atoms with Crippen LogP contribution in [0.4, 0.5) is 0 Å². The molecule has 1 aliphatic heterocycles. The number of carbonyl (C=O) groups is 2. The van der Waals surface area contributed by atoms with Gasteiger partial charge in [-0.1, -0.05) is 48.5 Å². The van der Waals surface area contributed by atoms with Crippen LogP contribution in [-0.2, 0) is 19.4 Å². The molecule has 7 heteroatoms. The Kier molecular flexibility index (Phi) is 5.41. The Morgan fingerprint density at radius 2 is 1.62 bits per heavy atom. The summed E-state index contributed by atoms with van der Waals surface area (Å²) in [6.45, 7) is -0.380. The topological polar surface area (TPSA) is 80.8 Å². The van der Waals surface area contributed by atoms with Crippen LogP contribution < -0.4 is 0 Å². The number of nitrogens with zero attached hydrogens (tertiary/aromatic N) is 1. The molecule has 0 radical (unpaired) electrons. The average molecular weight is 413 g/mol. The maximum atomic E-state index is 12.8. The van der Waals surface area contributed by atoms with Crippen LogP contribution in [0.15, 0.2) is 54.6 Å². The molecule has 0 spiro atoms. The molecule has 0 aromatic heterocycles. The van der Waals surface area contributed by atoms with E-state index in [1.165, 1.54) is 0 Å². The van der Waals surface area contributed by atoms with Crippen LogP contribution in [-0.4, -0.2) is 55.4 Å². The molecule has 2 aliphatic rings. The van der Waals surface area contributed by atoms with E-state index in [-0.39, 0.29) is 36.1 Å². The van der Waals surface area contributed by atoms with E-state index >= 15 is 0 Å². The Morgan fingerprint density at radius 3 is 2.28 bits per heavy atom. The molecule has 152 valence electrons. The predicted molar refractivity (Wildman–Crippen MR) is 109 cm³/mol. The van der Waals surface area contributed by atoms with Gasteiger partial charge < -0.3 is 9.64 Å². The van der Waals surface area contributed by atoms with E-state index in [0.717, 1.165) is 24.0 Å². The fraction of sp³-hybridized carbons (Fsp3) is 0.364. The van der Waals surface area contributed by atoms with Crippen LogP contribution >= 0.6 is 0 Å². The Bertz CT molecular complexity index is 1010. The maximum absolute atomic E-state index is 12.8. The van der Waals surface area contributed by atoms with Crippen molar-refractivity contribution in [2.24, 2.45) is 0 Å². The highest BCUT2D eigenvalue weighted by atomic mass is 32.2. The lowest BCUT2D eigenvalue weighted by atomic mass is 10.00. The normalized spacial score (nSPS) is 20.2. The Hall–Kier alpha value is -2.67. The summed E-state index contributed by atoms with van der Waals surface area (Å²) in [5.41, 5.74) is 2.03. The van der Waals surface area contributed by atoms with Gasteiger partial charge in [0.15, 0.2) is 16.4 Å². The van der Waals surface area contributed by atoms with E-state index in [1.54, 1.807) is 17.0 Å². The van der Waals surface area contributed by atoms with Crippen molar-refractivity contribution in [3.05, 3.63) is 60.2 Å². The molecule has 1 amide bonds.